The largest absolute Gasteiger partial charge is 0.482 e. The first-order valence-electron chi connectivity index (χ1n) is 7.19. The number of rotatable bonds is 4. The third kappa shape index (κ3) is 3.79. The lowest BCUT2D eigenvalue weighted by Gasteiger charge is -2.18. The van der Waals surface area contributed by atoms with Gasteiger partial charge in [0, 0.05) is 31.5 Å². The molecular weight excluding hydrogens is 298 g/mol. The van der Waals surface area contributed by atoms with Gasteiger partial charge < -0.3 is 20.7 Å². The Morgan fingerprint density at radius 3 is 3.13 bits per heavy atom. The zero-order chi connectivity index (χ0) is 16.2. The van der Waals surface area contributed by atoms with Gasteiger partial charge in [-0.3, -0.25) is 9.48 Å². The van der Waals surface area contributed by atoms with Gasteiger partial charge in [-0.2, -0.15) is 5.10 Å². The van der Waals surface area contributed by atoms with E-state index in [0.717, 1.165) is 5.56 Å². The van der Waals surface area contributed by atoms with Gasteiger partial charge in [0.15, 0.2) is 6.61 Å². The molecule has 1 aromatic heterocycles. The summed E-state index contributed by atoms with van der Waals surface area (Å²) >= 11 is 0. The second kappa shape index (κ2) is 6.39. The Labute approximate surface area is 132 Å². The number of hydrogen-bond donors (Lipinski definition) is 3. The van der Waals surface area contributed by atoms with E-state index in [1.54, 1.807) is 29.1 Å². The van der Waals surface area contributed by atoms with Crippen molar-refractivity contribution < 1.29 is 14.3 Å². The number of hydrogen-bond acceptors (Lipinski definition) is 4. The molecule has 0 atom stereocenters. The highest BCUT2D eigenvalue weighted by molar-refractivity contribution is 5.96. The van der Waals surface area contributed by atoms with Crippen molar-refractivity contribution in [2.45, 2.75) is 6.42 Å². The fourth-order valence-corrected chi connectivity index (χ4v) is 2.25. The first-order chi connectivity index (χ1) is 11.1. The first kappa shape index (κ1) is 14.9. The van der Waals surface area contributed by atoms with Crippen LogP contribution in [0.25, 0.3) is 0 Å². The Hall–Kier alpha value is -3.03. The van der Waals surface area contributed by atoms with Gasteiger partial charge in [-0.05, 0) is 24.1 Å². The Morgan fingerprint density at radius 2 is 2.35 bits per heavy atom. The second-order valence-corrected chi connectivity index (χ2v) is 5.20. The summed E-state index contributed by atoms with van der Waals surface area (Å²) in [6.07, 6.45) is 4.39. The van der Waals surface area contributed by atoms with Crippen LogP contribution >= 0.6 is 0 Å². The summed E-state index contributed by atoms with van der Waals surface area (Å²) in [4.78, 5) is 23.1. The van der Waals surface area contributed by atoms with Crippen LogP contribution in [0.5, 0.6) is 5.75 Å². The number of ether oxygens (including phenoxy) is 1. The maximum Gasteiger partial charge on any atom is 0.319 e. The lowest BCUT2D eigenvalue weighted by Crippen LogP contribution is -2.30. The van der Waals surface area contributed by atoms with E-state index in [-0.39, 0.29) is 18.5 Å². The Kier molecular flexibility index (Phi) is 4.13. The molecule has 0 spiro atoms. The summed E-state index contributed by atoms with van der Waals surface area (Å²) < 4.78 is 7.03. The molecule has 0 saturated carbocycles. The Balaban J connectivity index is 1.50. The monoisotopic (exact) mass is 315 g/mol. The molecule has 2 heterocycles. The smallest absolute Gasteiger partial charge is 0.319 e. The molecule has 0 aliphatic carbocycles. The number of benzene rings is 1. The third-order valence-corrected chi connectivity index (χ3v) is 3.33. The zero-order valence-corrected chi connectivity index (χ0v) is 12.6. The highest BCUT2D eigenvalue weighted by atomic mass is 16.5. The minimum absolute atomic E-state index is 0.0201. The average molecular weight is 315 g/mol. The van der Waals surface area contributed by atoms with Crippen molar-refractivity contribution in [3.05, 3.63) is 36.2 Å². The van der Waals surface area contributed by atoms with E-state index in [2.05, 4.69) is 21.0 Å². The number of nitrogens with one attached hydrogen (secondary N) is 3. The summed E-state index contributed by atoms with van der Waals surface area (Å²) in [6.45, 7) is 0.489. The molecule has 0 fully saturated rings. The first-order valence-corrected chi connectivity index (χ1v) is 7.19. The van der Waals surface area contributed by atoms with Gasteiger partial charge in [0.05, 0.1) is 11.9 Å². The molecule has 23 heavy (non-hydrogen) atoms. The standard InChI is InChI=1S/C15H17N5O3/c1-20-8-10(7-17-20)4-5-16-15(22)18-11-2-3-12-13(6-11)23-9-14(21)19-12/h2-3,6-8H,4-5,9H2,1H3,(H,19,21)(H2,16,18,22). The Bertz CT molecular complexity index is 740. The number of carbonyl (C=O) groups is 2. The summed E-state index contributed by atoms with van der Waals surface area (Å²) in [6, 6.07) is 4.77. The number of nitrogens with zero attached hydrogens (tertiary/aromatic N) is 2. The van der Waals surface area contributed by atoms with Crippen molar-refractivity contribution in [2.24, 2.45) is 7.05 Å². The number of fused-ring (bicyclic) bond motifs is 1. The van der Waals surface area contributed by atoms with Gasteiger partial charge in [0.1, 0.15) is 5.75 Å². The van der Waals surface area contributed by atoms with E-state index in [1.165, 1.54) is 0 Å². The topological polar surface area (TPSA) is 97.3 Å². The number of amides is 3. The van der Waals surface area contributed by atoms with Crippen LogP contribution in [0.1, 0.15) is 5.56 Å². The third-order valence-electron chi connectivity index (χ3n) is 3.33. The molecule has 1 aromatic carbocycles. The van der Waals surface area contributed by atoms with Crippen molar-refractivity contribution in [3.8, 4) is 5.75 Å². The molecule has 8 nitrogen and oxygen atoms in total. The summed E-state index contributed by atoms with van der Waals surface area (Å²) in [5.41, 5.74) is 2.26. The number of aromatic nitrogens is 2. The molecule has 1 aliphatic rings. The highest BCUT2D eigenvalue weighted by Crippen LogP contribution is 2.30. The zero-order valence-electron chi connectivity index (χ0n) is 12.6. The fraction of sp³-hybridized carbons (Fsp3) is 0.267. The lowest BCUT2D eigenvalue weighted by molar-refractivity contribution is -0.118. The predicted octanol–water partition coefficient (Wildman–Crippen LogP) is 1.12. The normalized spacial score (nSPS) is 12.8. The minimum Gasteiger partial charge on any atom is -0.482 e. The van der Waals surface area contributed by atoms with Gasteiger partial charge in [-0.25, -0.2) is 4.79 Å². The number of anilines is 2. The van der Waals surface area contributed by atoms with Crippen LogP contribution in [0.4, 0.5) is 16.2 Å². The average Bonchev–Trinajstić information content (AvgIpc) is 2.93. The van der Waals surface area contributed by atoms with Crippen molar-refractivity contribution in [1.29, 1.82) is 0 Å². The molecular formula is C15H17N5O3. The van der Waals surface area contributed by atoms with Gasteiger partial charge >= 0.3 is 6.03 Å². The number of urea groups is 1. The summed E-state index contributed by atoms with van der Waals surface area (Å²) in [5, 5.41) is 12.3. The molecule has 2 aromatic rings. The number of aryl methyl sites for hydroxylation is 1. The number of carbonyl (C=O) groups excluding carboxylic acids is 2. The van der Waals surface area contributed by atoms with Crippen molar-refractivity contribution in [3.63, 3.8) is 0 Å². The maximum absolute atomic E-state index is 11.9. The molecule has 3 rings (SSSR count). The van der Waals surface area contributed by atoms with Gasteiger partial charge in [-0.1, -0.05) is 0 Å². The van der Waals surface area contributed by atoms with Crippen LogP contribution in [0.2, 0.25) is 0 Å². The molecule has 120 valence electrons. The van der Waals surface area contributed by atoms with E-state index in [4.69, 9.17) is 4.74 Å². The predicted molar refractivity (Wildman–Crippen MR) is 84.5 cm³/mol. The molecule has 0 bridgehead atoms. The van der Waals surface area contributed by atoms with Gasteiger partial charge in [0.2, 0.25) is 0 Å². The van der Waals surface area contributed by atoms with Crippen LogP contribution in [0.3, 0.4) is 0 Å². The van der Waals surface area contributed by atoms with E-state index < -0.39 is 0 Å². The van der Waals surface area contributed by atoms with Crippen molar-refractivity contribution in [2.75, 3.05) is 23.8 Å². The van der Waals surface area contributed by atoms with E-state index in [9.17, 15) is 9.59 Å². The summed E-state index contributed by atoms with van der Waals surface area (Å²) in [7, 11) is 1.85. The molecule has 0 saturated heterocycles. The van der Waals surface area contributed by atoms with Crippen LogP contribution < -0.4 is 20.7 Å². The molecule has 8 heteroatoms. The van der Waals surface area contributed by atoms with Crippen molar-refractivity contribution >= 4 is 23.3 Å². The van der Waals surface area contributed by atoms with Gasteiger partial charge in [0.25, 0.3) is 5.91 Å². The van der Waals surface area contributed by atoms with Crippen LogP contribution in [-0.2, 0) is 18.3 Å². The quantitative estimate of drug-likeness (QED) is 0.787. The highest BCUT2D eigenvalue weighted by Gasteiger charge is 2.16. The molecule has 0 radical (unpaired) electrons. The molecule has 3 amide bonds. The van der Waals surface area contributed by atoms with E-state index in [1.807, 2.05) is 13.2 Å². The van der Waals surface area contributed by atoms with Crippen LogP contribution in [-0.4, -0.2) is 34.9 Å². The summed E-state index contributed by atoms with van der Waals surface area (Å²) in [5.74, 6) is 0.351. The second-order valence-electron chi connectivity index (χ2n) is 5.20. The SMILES string of the molecule is Cn1cc(CCNC(=O)Nc2ccc3c(c2)OCC(=O)N3)cn1. The van der Waals surface area contributed by atoms with E-state index in [0.29, 0.717) is 30.1 Å². The fourth-order valence-electron chi connectivity index (χ4n) is 2.25. The Morgan fingerprint density at radius 1 is 1.48 bits per heavy atom. The van der Waals surface area contributed by atoms with Crippen molar-refractivity contribution in [1.82, 2.24) is 15.1 Å². The lowest BCUT2D eigenvalue weighted by atomic mass is 10.2. The molecule has 3 N–H and O–H groups in total. The van der Waals surface area contributed by atoms with E-state index >= 15 is 0 Å². The van der Waals surface area contributed by atoms with Crippen LogP contribution in [0.15, 0.2) is 30.6 Å². The maximum atomic E-state index is 11.9. The molecule has 1 aliphatic heterocycles. The van der Waals surface area contributed by atoms with Gasteiger partial charge in [-0.15, -0.1) is 0 Å². The minimum atomic E-state index is -0.298. The van der Waals surface area contributed by atoms with Crippen LogP contribution in [0, 0.1) is 0 Å². The molecule has 0 unspecified atom stereocenters.